The van der Waals surface area contributed by atoms with Gasteiger partial charge in [0.05, 0.1) is 5.41 Å². The van der Waals surface area contributed by atoms with Gasteiger partial charge in [0, 0.05) is 5.02 Å². The third-order valence-electron chi connectivity index (χ3n) is 2.91. The van der Waals surface area contributed by atoms with Gasteiger partial charge in [0.2, 0.25) is 0 Å². The van der Waals surface area contributed by atoms with Crippen molar-refractivity contribution in [2.75, 3.05) is 0 Å². The average molecular weight is 259 g/mol. The minimum absolute atomic E-state index is 0.180. The van der Waals surface area contributed by atoms with Gasteiger partial charge < -0.3 is 5.11 Å². The van der Waals surface area contributed by atoms with Crippen LogP contribution in [0.3, 0.4) is 0 Å². The van der Waals surface area contributed by atoms with Crippen LogP contribution in [0.1, 0.15) is 32.3 Å². The van der Waals surface area contributed by atoms with Gasteiger partial charge in [-0.2, -0.15) is 0 Å². The lowest BCUT2D eigenvalue weighted by Crippen LogP contribution is -2.30. The first kappa shape index (κ1) is 14.0. The first-order valence-electron chi connectivity index (χ1n) is 5.56. The van der Waals surface area contributed by atoms with Crippen LogP contribution in [-0.4, -0.2) is 11.1 Å². The second-order valence-electron chi connectivity index (χ2n) is 4.53. The van der Waals surface area contributed by atoms with E-state index in [4.69, 9.17) is 11.6 Å². The lowest BCUT2D eigenvalue weighted by Gasteiger charge is -2.24. The number of halogens is 2. The monoisotopic (exact) mass is 258 g/mol. The Morgan fingerprint density at radius 3 is 2.65 bits per heavy atom. The van der Waals surface area contributed by atoms with Gasteiger partial charge in [-0.25, -0.2) is 4.39 Å². The fraction of sp³-hybridized carbons (Fsp3) is 0.462. The van der Waals surface area contributed by atoms with Crippen LogP contribution in [0.2, 0.25) is 5.02 Å². The predicted molar refractivity (Wildman–Crippen MR) is 65.8 cm³/mol. The molecule has 1 N–H and O–H groups in total. The average Bonchev–Trinajstić information content (AvgIpc) is 2.22. The summed E-state index contributed by atoms with van der Waals surface area (Å²) in [5, 5.41) is 9.54. The fourth-order valence-corrected chi connectivity index (χ4v) is 2.07. The van der Waals surface area contributed by atoms with Gasteiger partial charge in [-0.15, -0.1) is 0 Å². The maximum Gasteiger partial charge on any atom is 0.309 e. The molecule has 0 saturated heterocycles. The number of hydrogen-bond acceptors (Lipinski definition) is 1. The fourth-order valence-electron chi connectivity index (χ4n) is 1.91. The number of aliphatic carboxylic acids is 1. The summed E-state index contributed by atoms with van der Waals surface area (Å²) in [4.78, 5) is 11.2. The van der Waals surface area contributed by atoms with Gasteiger partial charge in [0.15, 0.2) is 0 Å². The molecule has 0 aliphatic rings. The zero-order valence-electron chi connectivity index (χ0n) is 9.96. The van der Waals surface area contributed by atoms with Crippen LogP contribution in [0.15, 0.2) is 18.2 Å². The highest BCUT2D eigenvalue weighted by molar-refractivity contribution is 6.30. The van der Waals surface area contributed by atoms with E-state index >= 15 is 0 Å². The largest absolute Gasteiger partial charge is 0.481 e. The molecule has 4 heteroatoms. The van der Waals surface area contributed by atoms with E-state index in [1.54, 1.807) is 19.1 Å². The maximum absolute atomic E-state index is 13.6. The highest BCUT2D eigenvalue weighted by Gasteiger charge is 2.33. The third kappa shape index (κ3) is 3.43. The van der Waals surface area contributed by atoms with Crippen LogP contribution in [0.4, 0.5) is 4.39 Å². The Morgan fingerprint density at radius 1 is 1.53 bits per heavy atom. The lowest BCUT2D eigenvalue weighted by molar-refractivity contribution is -0.148. The van der Waals surface area contributed by atoms with Crippen molar-refractivity contribution in [3.05, 3.63) is 34.6 Å². The van der Waals surface area contributed by atoms with E-state index in [1.165, 1.54) is 6.07 Å². The van der Waals surface area contributed by atoms with Crippen molar-refractivity contribution in [2.24, 2.45) is 5.41 Å². The molecular weight excluding hydrogens is 243 g/mol. The molecule has 1 aromatic carbocycles. The standard InChI is InChI=1S/C13H16ClFO2/c1-3-6-13(2,12(16)17)8-9-4-5-10(14)7-11(9)15/h4-5,7H,3,6,8H2,1-2H3,(H,16,17). The molecule has 0 amide bonds. The zero-order valence-corrected chi connectivity index (χ0v) is 10.7. The quantitative estimate of drug-likeness (QED) is 0.869. The Balaban J connectivity index is 2.98. The van der Waals surface area contributed by atoms with E-state index in [-0.39, 0.29) is 6.42 Å². The van der Waals surface area contributed by atoms with Crippen LogP contribution in [-0.2, 0) is 11.2 Å². The number of rotatable bonds is 5. The van der Waals surface area contributed by atoms with Crippen molar-refractivity contribution in [3.8, 4) is 0 Å². The van der Waals surface area contributed by atoms with Crippen LogP contribution >= 0.6 is 11.6 Å². The molecular formula is C13H16ClFO2. The van der Waals surface area contributed by atoms with E-state index in [0.717, 1.165) is 6.42 Å². The van der Waals surface area contributed by atoms with Crippen molar-refractivity contribution in [2.45, 2.75) is 33.1 Å². The summed E-state index contributed by atoms with van der Waals surface area (Å²) in [5.74, 6) is -1.34. The number of carbonyl (C=O) groups is 1. The summed E-state index contributed by atoms with van der Waals surface area (Å²) in [6.07, 6.45) is 1.45. The van der Waals surface area contributed by atoms with Gasteiger partial charge in [0.25, 0.3) is 0 Å². The highest BCUT2D eigenvalue weighted by atomic mass is 35.5. The first-order valence-corrected chi connectivity index (χ1v) is 5.94. The minimum Gasteiger partial charge on any atom is -0.481 e. The molecule has 0 aliphatic heterocycles. The summed E-state index contributed by atoms with van der Waals surface area (Å²) in [6, 6.07) is 4.34. The molecule has 1 unspecified atom stereocenters. The minimum atomic E-state index is -0.927. The van der Waals surface area contributed by atoms with Gasteiger partial charge >= 0.3 is 5.97 Å². The Labute approximate surface area is 105 Å². The van der Waals surface area contributed by atoms with Crippen LogP contribution < -0.4 is 0 Å². The summed E-state index contributed by atoms with van der Waals surface area (Å²) in [7, 11) is 0. The number of benzene rings is 1. The van der Waals surface area contributed by atoms with Gasteiger partial charge in [-0.3, -0.25) is 4.79 Å². The Kier molecular flexibility index (Phi) is 4.52. The molecule has 2 nitrogen and oxygen atoms in total. The Hall–Kier alpha value is -1.09. The molecule has 0 aromatic heterocycles. The van der Waals surface area contributed by atoms with Crippen molar-refractivity contribution < 1.29 is 14.3 Å². The molecule has 1 rings (SSSR count). The van der Waals surface area contributed by atoms with Crippen molar-refractivity contribution in [1.29, 1.82) is 0 Å². The van der Waals surface area contributed by atoms with E-state index in [9.17, 15) is 14.3 Å². The second kappa shape index (κ2) is 5.50. The molecule has 1 atom stereocenters. The predicted octanol–water partition coefficient (Wildman–Crippen LogP) is 3.91. The summed E-state index contributed by atoms with van der Waals surface area (Å²) >= 11 is 5.66. The van der Waals surface area contributed by atoms with E-state index < -0.39 is 17.2 Å². The van der Waals surface area contributed by atoms with E-state index in [1.807, 2.05) is 6.92 Å². The van der Waals surface area contributed by atoms with Crippen LogP contribution in [0.25, 0.3) is 0 Å². The van der Waals surface area contributed by atoms with Gasteiger partial charge in [0.1, 0.15) is 5.82 Å². The third-order valence-corrected chi connectivity index (χ3v) is 3.15. The molecule has 0 radical (unpaired) electrons. The molecule has 1 aromatic rings. The molecule has 0 heterocycles. The molecule has 17 heavy (non-hydrogen) atoms. The summed E-state index contributed by atoms with van der Waals surface area (Å²) in [6.45, 7) is 3.56. The smallest absolute Gasteiger partial charge is 0.309 e. The summed E-state index contributed by atoms with van der Waals surface area (Å²) < 4.78 is 13.6. The summed E-state index contributed by atoms with van der Waals surface area (Å²) in [5.41, 5.74) is -0.531. The maximum atomic E-state index is 13.6. The van der Waals surface area contributed by atoms with Crippen molar-refractivity contribution in [3.63, 3.8) is 0 Å². The highest BCUT2D eigenvalue weighted by Crippen LogP contribution is 2.30. The van der Waals surface area contributed by atoms with Crippen LogP contribution in [0, 0.1) is 11.2 Å². The molecule has 0 fully saturated rings. The van der Waals surface area contributed by atoms with Gasteiger partial charge in [-0.05, 0) is 37.5 Å². The molecule has 0 saturated carbocycles. The number of carboxylic acid groups (broad SMARTS) is 1. The first-order chi connectivity index (χ1) is 7.89. The normalized spacial score (nSPS) is 14.4. The SMILES string of the molecule is CCCC(C)(Cc1ccc(Cl)cc1F)C(=O)O. The lowest BCUT2D eigenvalue weighted by atomic mass is 9.80. The topological polar surface area (TPSA) is 37.3 Å². The second-order valence-corrected chi connectivity index (χ2v) is 4.96. The van der Waals surface area contributed by atoms with Gasteiger partial charge in [-0.1, -0.05) is 31.0 Å². The zero-order chi connectivity index (χ0) is 13.1. The molecule has 0 bridgehead atoms. The molecule has 94 valence electrons. The molecule has 0 aliphatic carbocycles. The number of carboxylic acids is 1. The van der Waals surface area contributed by atoms with Crippen molar-refractivity contribution in [1.82, 2.24) is 0 Å². The molecule has 0 spiro atoms. The van der Waals surface area contributed by atoms with Crippen molar-refractivity contribution >= 4 is 17.6 Å². The van der Waals surface area contributed by atoms with E-state index in [0.29, 0.717) is 17.0 Å². The Bertz CT molecular complexity index is 420. The Morgan fingerprint density at radius 2 is 2.18 bits per heavy atom. The van der Waals surface area contributed by atoms with Crippen LogP contribution in [0.5, 0.6) is 0 Å². The number of hydrogen-bond donors (Lipinski definition) is 1. The van der Waals surface area contributed by atoms with E-state index in [2.05, 4.69) is 0 Å².